The summed E-state index contributed by atoms with van der Waals surface area (Å²) in [5, 5.41) is 8.11. The molecule has 39 heavy (non-hydrogen) atoms. The molecule has 1 aliphatic heterocycles. The monoisotopic (exact) mass is 549 g/mol. The first-order valence-electron chi connectivity index (χ1n) is 11.9. The molecule has 1 aromatic carbocycles. The van der Waals surface area contributed by atoms with Crippen LogP contribution in [0.4, 0.5) is 23.2 Å². The Morgan fingerprint density at radius 3 is 2.46 bits per heavy atom. The molecule has 2 aromatic heterocycles. The minimum Gasteiger partial charge on any atom is -0.465 e. The molecule has 8 nitrogen and oxygen atoms in total. The van der Waals surface area contributed by atoms with E-state index < -0.39 is 23.5 Å². The number of aromatic nitrogens is 2. The number of aryl methyl sites for hydroxylation is 1. The molecule has 0 saturated carbocycles. The van der Waals surface area contributed by atoms with Gasteiger partial charge in [-0.25, -0.2) is 9.18 Å². The Morgan fingerprint density at radius 1 is 1.21 bits per heavy atom. The number of anilines is 1. The van der Waals surface area contributed by atoms with Crippen molar-refractivity contribution < 1.29 is 33.3 Å². The molecule has 0 radical (unpaired) electrons. The van der Waals surface area contributed by atoms with Crippen molar-refractivity contribution in [3.63, 3.8) is 0 Å². The number of hydrazone groups is 1. The number of nitrogens with one attached hydrogen (secondary N) is 1. The molecule has 1 amide bonds. The number of methoxy groups -OCH3 is 1. The molecule has 1 N–H and O–H groups in total. The van der Waals surface area contributed by atoms with Gasteiger partial charge in [-0.1, -0.05) is 19.9 Å². The van der Waals surface area contributed by atoms with E-state index in [9.17, 15) is 27.2 Å². The topological polar surface area (TPSA) is 96.8 Å². The number of nitrogens with zero attached hydrogens (tertiary/aromatic N) is 4. The van der Waals surface area contributed by atoms with Crippen molar-refractivity contribution in [3.05, 3.63) is 77.0 Å². The van der Waals surface area contributed by atoms with Crippen LogP contribution in [0.25, 0.3) is 11.3 Å². The van der Waals surface area contributed by atoms with E-state index in [-0.39, 0.29) is 18.1 Å². The number of pyridine rings is 2. The van der Waals surface area contributed by atoms with Crippen LogP contribution in [0.5, 0.6) is 0 Å². The van der Waals surface area contributed by atoms with Gasteiger partial charge in [0.1, 0.15) is 5.82 Å². The van der Waals surface area contributed by atoms with Gasteiger partial charge in [-0.2, -0.15) is 18.3 Å². The highest BCUT2D eigenvalue weighted by atomic mass is 19.4. The molecule has 0 aliphatic carbocycles. The van der Waals surface area contributed by atoms with E-state index in [1.807, 2.05) is 13.8 Å². The van der Waals surface area contributed by atoms with E-state index in [4.69, 9.17) is 4.74 Å². The molecular formula is C27H31F4N5O3. The van der Waals surface area contributed by atoms with E-state index in [1.165, 1.54) is 32.5 Å². The number of halogens is 4. The van der Waals surface area contributed by atoms with Gasteiger partial charge in [0.15, 0.2) is 0 Å². The average Bonchev–Trinajstić information content (AvgIpc) is 3.37. The average molecular weight is 550 g/mol. The maximum Gasteiger partial charge on any atom is 0.417 e. The van der Waals surface area contributed by atoms with Crippen LogP contribution in [0.2, 0.25) is 0 Å². The normalized spacial score (nSPS) is 12.3. The molecule has 3 aromatic rings. The first-order chi connectivity index (χ1) is 18.6. The largest absolute Gasteiger partial charge is 0.465 e. The van der Waals surface area contributed by atoms with E-state index in [2.05, 4.69) is 20.4 Å². The second-order valence-corrected chi connectivity index (χ2v) is 7.90. The Bertz CT molecular complexity index is 1320. The molecule has 0 bridgehead atoms. The van der Waals surface area contributed by atoms with Crippen LogP contribution in [-0.4, -0.2) is 53.8 Å². The molecule has 0 saturated heterocycles. The highest BCUT2D eigenvalue weighted by molar-refractivity contribution is 6.03. The smallest absolute Gasteiger partial charge is 0.417 e. The fourth-order valence-corrected chi connectivity index (χ4v) is 3.60. The molecule has 0 unspecified atom stereocenters. The lowest BCUT2D eigenvalue weighted by Crippen LogP contribution is -2.14. The second kappa shape index (κ2) is 14.0. The maximum atomic E-state index is 13.3. The van der Waals surface area contributed by atoms with Crippen LogP contribution in [-0.2, 0) is 15.7 Å². The Kier molecular flexibility index (Phi) is 11.1. The molecule has 0 fully saturated rings. The van der Waals surface area contributed by atoms with E-state index in [0.29, 0.717) is 48.1 Å². The number of benzene rings is 1. The Balaban J connectivity index is 0.000000368. The molecule has 0 atom stereocenters. The van der Waals surface area contributed by atoms with E-state index >= 15 is 0 Å². The molecule has 4 rings (SSSR count). The summed E-state index contributed by atoms with van der Waals surface area (Å²) in [6.45, 7) is 6.02. The first kappa shape index (κ1) is 30.9. The van der Waals surface area contributed by atoms with Gasteiger partial charge in [-0.15, -0.1) is 0 Å². The molecule has 12 heteroatoms. The van der Waals surface area contributed by atoms with Crippen LogP contribution in [0, 0.1) is 12.7 Å². The van der Waals surface area contributed by atoms with Crippen molar-refractivity contribution in [1.29, 1.82) is 0 Å². The summed E-state index contributed by atoms with van der Waals surface area (Å²) in [4.78, 5) is 30.5. The lowest BCUT2D eigenvalue weighted by molar-refractivity contribution is -0.137. The SMILES string of the molecule is CC.COC(=O)c1cncc(NC=O)c1-c1ccccn1.Cc1cc(C2=NN(C)CC2)c(C(F)(F)F)cc1F.[HH]. The van der Waals surface area contributed by atoms with E-state index in [0.717, 1.165) is 0 Å². The third-order valence-electron chi connectivity index (χ3n) is 5.37. The Morgan fingerprint density at radius 2 is 1.92 bits per heavy atom. The molecular weight excluding hydrogens is 518 g/mol. The summed E-state index contributed by atoms with van der Waals surface area (Å²) in [5.41, 5.74) is 1.24. The number of hydrogen-bond acceptors (Lipinski definition) is 7. The van der Waals surface area contributed by atoms with Crippen molar-refractivity contribution in [2.75, 3.05) is 26.0 Å². The van der Waals surface area contributed by atoms with Crippen molar-refractivity contribution in [3.8, 4) is 11.3 Å². The third-order valence-corrected chi connectivity index (χ3v) is 5.37. The van der Waals surface area contributed by atoms with Crippen LogP contribution in [0.3, 0.4) is 0 Å². The van der Waals surface area contributed by atoms with Gasteiger partial charge in [-0.05, 0) is 36.8 Å². The fourth-order valence-electron chi connectivity index (χ4n) is 3.60. The quantitative estimate of drug-likeness (QED) is 0.240. The van der Waals surface area contributed by atoms with Gasteiger partial charge in [0.05, 0.1) is 41.5 Å². The predicted molar refractivity (Wildman–Crippen MR) is 142 cm³/mol. The number of carbonyl (C=O) groups is 2. The standard InChI is InChI=1S/C13H11N3O3.C12H12F4N2.C2H6.H2/c1-19-13(18)9-6-14-7-11(16-8-17)12(9)10-4-2-3-5-15-10;1-7-5-8(11-3-4-18(2)17-11)9(6-10(7)13)12(14,15)16;1-2;/h2-8H,1H3,(H,16,17);5-6H,3-4H2,1-2H3;1-2H3;1H. The molecule has 0 spiro atoms. The zero-order valence-electron chi connectivity index (χ0n) is 22.1. The van der Waals surface area contributed by atoms with Crippen LogP contribution >= 0.6 is 0 Å². The number of ether oxygens (including phenoxy) is 1. The van der Waals surface area contributed by atoms with Gasteiger partial charge in [-0.3, -0.25) is 19.8 Å². The number of amides is 1. The fraction of sp³-hybridized carbons (Fsp3) is 0.296. The minimum atomic E-state index is -4.58. The summed E-state index contributed by atoms with van der Waals surface area (Å²) in [6, 6.07) is 7.04. The maximum absolute atomic E-state index is 13.3. The molecule has 1 aliphatic rings. The summed E-state index contributed by atoms with van der Waals surface area (Å²) in [6.07, 6.45) is 0.806. The summed E-state index contributed by atoms with van der Waals surface area (Å²) < 4.78 is 56.6. The van der Waals surface area contributed by atoms with Crippen molar-refractivity contribution >= 4 is 23.8 Å². The Hall–Kier alpha value is -4.35. The molecule has 210 valence electrons. The van der Waals surface area contributed by atoms with Crippen LogP contribution in [0.1, 0.15) is 48.7 Å². The molecule has 3 heterocycles. The zero-order chi connectivity index (χ0) is 29.2. The van der Waals surface area contributed by atoms with Crippen LogP contribution < -0.4 is 5.32 Å². The highest BCUT2D eigenvalue weighted by Crippen LogP contribution is 2.35. The van der Waals surface area contributed by atoms with Gasteiger partial charge in [0, 0.05) is 45.0 Å². The van der Waals surface area contributed by atoms with Crippen LogP contribution in [0.15, 0.2) is 54.0 Å². The number of hydrogen-bond donors (Lipinski definition) is 1. The first-order valence-corrected chi connectivity index (χ1v) is 11.9. The summed E-state index contributed by atoms with van der Waals surface area (Å²) >= 11 is 0. The van der Waals surface area contributed by atoms with Crippen molar-refractivity contribution in [1.82, 2.24) is 15.0 Å². The summed E-state index contributed by atoms with van der Waals surface area (Å²) in [7, 11) is 2.97. The third kappa shape index (κ3) is 7.82. The number of carbonyl (C=O) groups excluding carboxylic acids is 2. The van der Waals surface area contributed by atoms with Gasteiger partial charge in [0.25, 0.3) is 0 Å². The zero-order valence-corrected chi connectivity index (χ0v) is 22.1. The van der Waals surface area contributed by atoms with Crippen molar-refractivity contribution in [2.45, 2.75) is 33.4 Å². The number of esters is 1. The number of rotatable bonds is 5. The van der Waals surface area contributed by atoms with E-state index in [1.54, 1.807) is 36.5 Å². The predicted octanol–water partition coefficient (Wildman–Crippen LogP) is 5.96. The van der Waals surface area contributed by atoms with Gasteiger partial charge >= 0.3 is 12.1 Å². The number of alkyl halides is 3. The van der Waals surface area contributed by atoms with Crippen molar-refractivity contribution in [2.24, 2.45) is 5.10 Å². The second-order valence-electron chi connectivity index (χ2n) is 7.90. The summed E-state index contributed by atoms with van der Waals surface area (Å²) in [5.74, 6) is -1.39. The van der Waals surface area contributed by atoms with Gasteiger partial charge < -0.3 is 10.1 Å². The lowest BCUT2D eigenvalue weighted by Gasteiger charge is -2.14. The Labute approximate surface area is 225 Å². The lowest BCUT2D eigenvalue weighted by atomic mass is 9.98. The minimum absolute atomic E-state index is 0. The van der Waals surface area contributed by atoms with Gasteiger partial charge in [0.2, 0.25) is 6.41 Å². The highest BCUT2D eigenvalue weighted by Gasteiger charge is 2.36.